The van der Waals surface area contributed by atoms with Crippen LogP contribution in [0.4, 0.5) is 0 Å². The van der Waals surface area contributed by atoms with Gasteiger partial charge in [0, 0.05) is 25.8 Å². The predicted molar refractivity (Wildman–Crippen MR) is 86.1 cm³/mol. The van der Waals surface area contributed by atoms with Crippen LogP contribution in [0.2, 0.25) is 0 Å². The Bertz CT molecular complexity index is 594. The van der Waals surface area contributed by atoms with Gasteiger partial charge >= 0.3 is 0 Å². The summed E-state index contributed by atoms with van der Waals surface area (Å²) in [5, 5.41) is 2.09. The van der Waals surface area contributed by atoms with Gasteiger partial charge in [-0.1, -0.05) is 31.9 Å². The molecule has 0 aliphatic carbocycles. The zero-order chi connectivity index (χ0) is 12.7. The Morgan fingerprint density at radius 1 is 1.28 bits per heavy atom. The second-order valence-corrected chi connectivity index (χ2v) is 7.71. The molecule has 3 rings (SSSR count). The molecule has 1 aromatic carbocycles. The third-order valence-corrected chi connectivity index (χ3v) is 6.57. The molecule has 0 N–H and O–H groups in total. The topological polar surface area (TPSA) is 9.23 Å². The predicted octanol–water partition coefficient (Wildman–Crippen LogP) is 5.69. The number of halogens is 3. The van der Waals surface area contributed by atoms with E-state index in [1.54, 1.807) is 11.3 Å². The minimum Gasteiger partial charge on any atom is -0.493 e. The zero-order valence-electron chi connectivity index (χ0n) is 9.25. The fourth-order valence-electron chi connectivity index (χ4n) is 2.11. The van der Waals surface area contributed by atoms with Crippen LogP contribution < -0.4 is 4.74 Å². The second kappa shape index (κ2) is 5.27. The van der Waals surface area contributed by atoms with Gasteiger partial charge in [0.15, 0.2) is 0 Å². The summed E-state index contributed by atoms with van der Waals surface area (Å²) in [6, 6.07) is 6.36. The summed E-state index contributed by atoms with van der Waals surface area (Å²) >= 11 is 12.7. The highest BCUT2D eigenvalue weighted by atomic mass is 79.9. The van der Waals surface area contributed by atoms with Crippen molar-refractivity contribution in [2.24, 2.45) is 0 Å². The van der Waals surface area contributed by atoms with Crippen molar-refractivity contribution >= 4 is 59.1 Å². The van der Waals surface area contributed by atoms with Crippen LogP contribution in [-0.2, 0) is 6.42 Å². The molecule has 0 fully saturated rings. The van der Waals surface area contributed by atoms with Gasteiger partial charge in [-0.05, 0) is 45.1 Å². The minimum absolute atomic E-state index is 0.163. The number of thiophene rings is 1. The summed E-state index contributed by atoms with van der Waals surface area (Å²) in [5.74, 6) is 1.04. The molecule has 94 valence electrons. The Hall–Kier alpha value is 0.160. The number of benzene rings is 1. The maximum atomic E-state index is 5.78. The first-order chi connectivity index (χ1) is 8.66. The van der Waals surface area contributed by atoms with E-state index >= 15 is 0 Å². The largest absolute Gasteiger partial charge is 0.493 e. The smallest absolute Gasteiger partial charge is 0.127 e. The lowest BCUT2D eigenvalue weighted by Crippen LogP contribution is -1.96. The van der Waals surface area contributed by atoms with E-state index in [2.05, 4.69) is 71.4 Å². The highest BCUT2D eigenvalue weighted by Crippen LogP contribution is 2.45. The Labute approximate surface area is 135 Å². The molecular weight excluding hydrogens is 444 g/mol. The molecule has 0 spiro atoms. The Morgan fingerprint density at radius 3 is 2.83 bits per heavy atom. The van der Waals surface area contributed by atoms with Crippen LogP contribution in [0.25, 0.3) is 0 Å². The van der Waals surface area contributed by atoms with E-state index in [9.17, 15) is 0 Å². The molecule has 2 heterocycles. The SMILES string of the molecule is Brc1cc2c(c(C(Br)c3sccc3Br)c1)OCC2. The van der Waals surface area contributed by atoms with Crippen molar-refractivity contribution in [3.05, 3.63) is 48.5 Å². The fraction of sp³-hybridized carbons (Fsp3) is 0.231. The van der Waals surface area contributed by atoms with Crippen LogP contribution in [0.1, 0.15) is 20.8 Å². The maximum absolute atomic E-state index is 5.78. The number of alkyl halides is 1. The van der Waals surface area contributed by atoms with Crippen molar-refractivity contribution in [3.8, 4) is 5.75 Å². The van der Waals surface area contributed by atoms with E-state index in [0.29, 0.717) is 0 Å². The Balaban J connectivity index is 2.10. The number of hydrogen-bond donors (Lipinski definition) is 0. The Morgan fingerprint density at radius 2 is 2.11 bits per heavy atom. The number of fused-ring (bicyclic) bond motifs is 1. The first-order valence-corrected chi connectivity index (χ1v) is 8.87. The summed E-state index contributed by atoms with van der Waals surface area (Å²) in [6.45, 7) is 0.782. The highest BCUT2D eigenvalue weighted by Gasteiger charge is 2.24. The fourth-order valence-corrected chi connectivity index (χ4v) is 5.45. The zero-order valence-corrected chi connectivity index (χ0v) is 14.8. The minimum atomic E-state index is 0.163. The molecule has 1 nitrogen and oxygen atoms in total. The summed E-state index contributed by atoms with van der Waals surface area (Å²) < 4.78 is 8.03. The molecule has 5 heteroatoms. The molecule has 0 radical (unpaired) electrons. The highest BCUT2D eigenvalue weighted by molar-refractivity contribution is 9.11. The first-order valence-electron chi connectivity index (χ1n) is 5.49. The molecule has 18 heavy (non-hydrogen) atoms. The van der Waals surface area contributed by atoms with Gasteiger partial charge in [-0.3, -0.25) is 0 Å². The molecule has 1 aliphatic heterocycles. The van der Waals surface area contributed by atoms with E-state index in [4.69, 9.17) is 4.74 Å². The van der Waals surface area contributed by atoms with Crippen molar-refractivity contribution in [2.45, 2.75) is 11.2 Å². The molecule has 1 aliphatic rings. The Kier molecular flexibility index (Phi) is 3.85. The standard InChI is InChI=1S/C13H9Br3OS/c14-8-5-7-1-3-17-12(7)9(6-8)11(16)13-10(15)2-4-18-13/h2,4-6,11H,1,3H2. The van der Waals surface area contributed by atoms with Crippen molar-refractivity contribution in [1.29, 1.82) is 0 Å². The first kappa shape index (κ1) is 13.2. The quantitative estimate of drug-likeness (QED) is 0.532. The van der Waals surface area contributed by atoms with Gasteiger partial charge < -0.3 is 4.74 Å². The van der Waals surface area contributed by atoms with Gasteiger partial charge in [-0.25, -0.2) is 0 Å². The second-order valence-electron chi connectivity index (χ2n) is 4.08. The average Bonchev–Trinajstić information content (AvgIpc) is 2.95. The summed E-state index contributed by atoms with van der Waals surface area (Å²) in [4.78, 5) is 1.43. The van der Waals surface area contributed by atoms with Crippen LogP contribution in [-0.4, -0.2) is 6.61 Å². The number of rotatable bonds is 2. The van der Waals surface area contributed by atoms with Gasteiger partial charge in [0.2, 0.25) is 0 Å². The van der Waals surface area contributed by atoms with E-state index in [0.717, 1.165) is 27.7 Å². The van der Waals surface area contributed by atoms with Crippen molar-refractivity contribution in [1.82, 2.24) is 0 Å². The third kappa shape index (κ3) is 2.30. The van der Waals surface area contributed by atoms with Crippen LogP contribution in [0.15, 0.2) is 32.5 Å². The monoisotopic (exact) mass is 450 g/mol. The van der Waals surface area contributed by atoms with Gasteiger partial charge in [-0.15, -0.1) is 11.3 Å². The molecule has 0 saturated heterocycles. The molecule has 1 unspecified atom stereocenters. The van der Waals surface area contributed by atoms with E-state index in [1.165, 1.54) is 16.0 Å². The summed E-state index contributed by atoms with van der Waals surface area (Å²) in [7, 11) is 0. The van der Waals surface area contributed by atoms with Crippen LogP contribution in [0.3, 0.4) is 0 Å². The van der Waals surface area contributed by atoms with Gasteiger partial charge in [0.1, 0.15) is 5.75 Å². The number of ether oxygens (including phenoxy) is 1. The van der Waals surface area contributed by atoms with Crippen molar-refractivity contribution in [2.75, 3.05) is 6.61 Å². The van der Waals surface area contributed by atoms with E-state index in [-0.39, 0.29) is 4.83 Å². The summed E-state index contributed by atoms with van der Waals surface area (Å²) in [6.07, 6.45) is 0.993. The van der Waals surface area contributed by atoms with E-state index < -0.39 is 0 Å². The van der Waals surface area contributed by atoms with Crippen LogP contribution in [0.5, 0.6) is 5.75 Å². The maximum Gasteiger partial charge on any atom is 0.127 e. The average molecular weight is 453 g/mol. The van der Waals surface area contributed by atoms with Gasteiger partial charge in [-0.2, -0.15) is 0 Å². The number of hydrogen-bond acceptors (Lipinski definition) is 2. The van der Waals surface area contributed by atoms with Crippen LogP contribution in [0, 0.1) is 0 Å². The summed E-state index contributed by atoms with van der Waals surface area (Å²) in [5.41, 5.74) is 2.48. The molecule has 1 atom stereocenters. The van der Waals surface area contributed by atoms with Crippen molar-refractivity contribution < 1.29 is 4.74 Å². The lowest BCUT2D eigenvalue weighted by molar-refractivity contribution is 0.354. The van der Waals surface area contributed by atoms with Crippen molar-refractivity contribution in [3.63, 3.8) is 0 Å². The molecular formula is C13H9Br3OS. The van der Waals surface area contributed by atoms with Gasteiger partial charge in [0.25, 0.3) is 0 Å². The lowest BCUT2D eigenvalue weighted by Gasteiger charge is -2.14. The van der Waals surface area contributed by atoms with Crippen LogP contribution >= 0.6 is 59.1 Å². The molecule has 0 bridgehead atoms. The third-order valence-electron chi connectivity index (χ3n) is 2.93. The lowest BCUT2D eigenvalue weighted by atomic mass is 10.0. The van der Waals surface area contributed by atoms with E-state index in [1.807, 2.05) is 0 Å². The molecule has 2 aromatic rings. The molecule has 0 amide bonds. The normalized spacial score (nSPS) is 15.3. The molecule has 1 aromatic heterocycles. The molecule has 0 saturated carbocycles. The van der Waals surface area contributed by atoms with Gasteiger partial charge in [0.05, 0.1) is 11.4 Å².